The first-order valence-corrected chi connectivity index (χ1v) is 10.7. The van der Waals surface area contributed by atoms with Crippen LogP contribution in [0.2, 0.25) is 0 Å². The number of carbonyl (C=O) groups is 1. The van der Waals surface area contributed by atoms with E-state index < -0.39 is 0 Å². The molecule has 0 saturated heterocycles. The Morgan fingerprint density at radius 1 is 1.14 bits per heavy atom. The van der Waals surface area contributed by atoms with Gasteiger partial charge in [0.15, 0.2) is 5.82 Å². The van der Waals surface area contributed by atoms with Gasteiger partial charge in [0.25, 0.3) is 0 Å². The number of carbonyl (C=O) groups excluding carboxylic acids is 1. The molecule has 2 aliphatic rings. The molecule has 1 aliphatic carbocycles. The van der Waals surface area contributed by atoms with Gasteiger partial charge in [-0.2, -0.15) is 5.10 Å². The molecular formula is C21H20FN5OS. The first-order valence-electron chi connectivity index (χ1n) is 9.68. The molecule has 0 bridgehead atoms. The molecule has 1 aromatic heterocycles. The molecule has 1 aliphatic heterocycles. The van der Waals surface area contributed by atoms with Crippen LogP contribution >= 0.6 is 11.8 Å². The maximum atomic E-state index is 13.6. The number of aromatic nitrogens is 3. The Morgan fingerprint density at radius 2 is 1.97 bits per heavy atom. The maximum Gasteiger partial charge on any atom is 0.319 e. The molecule has 29 heavy (non-hydrogen) atoms. The molecule has 3 N–H and O–H groups in total. The van der Waals surface area contributed by atoms with Crippen LogP contribution in [0.1, 0.15) is 42.6 Å². The van der Waals surface area contributed by atoms with Crippen molar-refractivity contribution in [3.8, 4) is 11.4 Å². The van der Waals surface area contributed by atoms with E-state index in [4.69, 9.17) is 0 Å². The largest absolute Gasteiger partial charge is 0.331 e. The minimum Gasteiger partial charge on any atom is -0.331 e. The number of aromatic amines is 1. The van der Waals surface area contributed by atoms with Gasteiger partial charge >= 0.3 is 6.03 Å². The summed E-state index contributed by atoms with van der Waals surface area (Å²) in [4.78, 5) is 18.0. The van der Waals surface area contributed by atoms with Gasteiger partial charge in [-0.15, -0.1) is 11.8 Å². The first-order chi connectivity index (χ1) is 14.2. The molecule has 0 radical (unpaired) electrons. The molecule has 6 nitrogen and oxygen atoms in total. The lowest BCUT2D eigenvalue weighted by Crippen LogP contribution is -2.34. The molecule has 3 aromatic rings. The van der Waals surface area contributed by atoms with Crippen molar-refractivity contribution in [1.82, 2.24) is 20.5 Å². The highest BCUT2D eigenvalue weighted by molar-refractivity contribution is 7.99. The molecule has 0 spiro atoms. The van der Waals surface area contributed by atoms with Gasteiger partial charge in [-0.25, -0.2) is 14.2 Å². The fourth-order valence-corrected chi connectivity index (χ4v) is 4.59. The van der Waals surface area contributed by atoms with E-state index in [1.807, 2.05) is 24.3 Å². The highest BCUT2D eigenvalue weighted by atomic mass is 32.2. The van der Waals surface area contributed by atoms with E-state index in [0.29, 0.717) is 17.4 Å². The van der Waals surface area contributed by atoms with E-state index in [1.54, 1.807) is 17.8 Å². The smallest absolute Gasteiger partial charge is 0.319 e. The van der Waals surface area contributed by atoms with Crippen LogP contribution < -0.4 is 10.6 Å². The molecule has 1 saturated carbocycles. The molecular weight excluding hydrogens is 389 g/mol. The van der Waals surface area contributed by atoms with Crippen molar-refractivity contribution in [3.05, 3.63) is 59.7 Å². The fourth-order valence-electron chi connectivity index (χ4n) is 3.49. The molecule has 8 heteroatoms. The number of nitrogens with one attached hydrogen (secondary N) is 3. The molecule has 148 valence electrons. The lowest BCUT2D eigenvalue weighted by Gasteiger charge is -2.26. The average Bonchev–Trinajstić information content (AvgIpc) is 3.46. The number of thioether (sulfide) groups is 1. The number of nitrogens with zero attached hydrogens (tertiary/aromatic N) is 2. The third-order valence-electron chi connectivity index (χ3n) is 5.18. The Labute approximate surface area is 171 Å². The lowest BCUT2D eigenvalue weighted by molar-refractivity contribution is 0.248. The minimum absolute atomic E-state index is 0.199. The monoisotopic (exact) mass is 409 g/mol. The SMILES string of the molecule is O=C(Nc1ccc(-c2n[nH]c(C3CC3)n2)cc1)NC1CCSc2ccc(F)cc21. The summed E-state index contributed by atoms with van der Waals surface area (Å²) in [6.07, 6.45) is 3.11. The van der Waals surface area contributed by atoms with Crippen molar-refractivity contribution in [2.45, 2.75) is 36.1 Å². The zero-order valence-electron chi connectivity index (χ0n) is 15.6. The molecule has 5 rings (SSSR count). The summed E-state index contributed by atoms with van der Waals surface area (Å²) < 4.78 is 13.6. The number of hydrogen-bond acceptors (Lipinski definition) is 4. The Balaban J connectivity index is 1.24. The van der Waals surface area contributed by atoms with Crippen LogP contribution in [0.3, 0.4) is 0 Å². The summed E-state index contributed by atoms with van der Waals surface area (Å²) in [7, 11) is 0. The Morgan fingerprint density at radius 3 is 2.76 bits per heavy atom. The van der Waals surface area contributed by atoms with Gasteiger partial charge < -0.3 is 10.6 Å². The lowest BCUT2D eigenvalue weighted by atomic mass is 10.0. The quantitative estimate of drug-likeness (QED) is 0.575. The van der Waals surface area contributed by atoms with Crippen LogP contribution in [0.25, 0.3) is 11.4 Å². The van der Waals surface area contributed by atoms with Gasteiger partial charge in [0.1, 0.15) is 11.6 Å². The normalized spacial score (nSPS) is 18.2. The van der Waals surface area contributed by atoms with Gasteiger partial charge in [-0.3, -0.25) is 5.10 Å². The Bertz CT molecular complexity index is 1050. The number of rotatable bonds is 4. The summed E-state index contributed by atoms with van der Waals surface area (Å²) in [5.74, 6) is 2.74. The third kappa shape index (κ3) is 3.98. The van der Waals surface area contributed by atoms with Gasteiger partial charge in [0.2, 0.25) is 0 Å². The van der Waals surface area contributed by atoms with Gasteiger partial charge in [0, 0.05) is 27.8 Å². The van der Waals surface area contributed by atoms with Gasteiger partial charge in [0.05, 0.1) is 6.04 Å². The van der Waals surface area contributed by atoms with Crippen molar-refractivity contribution < 1.29 is 9.18 Å². The van der Waals surface area contributed by atoms with Crippen molar-refractivity contribution in [3.63, 3.8) is 0 Å². The number of H-pyrrole nitrogens is 1. The highest BCUT2D eigenvalue weighted by Crippen LogP contribution is 2.38. The predicted molar refractivity (Wildman–Crippen MR) is 110 cm³/mol. The van der Waals surface area contributed by atoms with Crippen molar-refractivity contribution in [1.29, 1.82) is 0 Å². The summed E-state index contributed by atoms with van der Waals surface area (Å²) in [5.41, 5.74) is 2.41. The number of amides is 2. The summed E-state index contributed by atoms with van der Waals surface area (Å²) in [5, 5.41) is 13.1. The number of anilines is 1. The summed E-state index contributed by atoms with van der Waals surface area (Å²) in [6, 6.07) is 11.7. The second kappa shape index (κ2) is 7.51. The van der Waals surface area contributed by atoms with E-state index >= 15 is 0 Å². The van der Waals surface area contributed by atoms with Crippen molar-refractivity contribution in [2.24, 2.45) is 0 Å². The number of halogens is 1. The van der Waals surface area contributed by atoms with Crippen LogP contribution in [-0.2, 0) is 0 Å². The van der Waals surface area contributed by atoms with E-state index in [-0.39, 0.29) is 17.9 Å². The second-order valence-corrected chi connectivity index (χ2v) is 8.50. The second-order valence-electron chi connectivity index (χ2n) is 7.37. The number of urea groups is 1. The van der Waals surface area contributed by atoms with Gasteiger partial charge in [-0.1, -0.05) is 0 Å². The van der Waals surface area contributed by atoms with E-state index in [1.165, 1.54) is 25.0 Å². The van der Waals surface area contributed by atoms with Crippen LogP contribution in [-0.4, -0.2) is 27.0 Å². The molecule has 1 atom stereocenters. The van der Waals surface area contributed by atoms with E-state index in [9.17, 15) is 9.18 Å². The van der Waals surface area contributed by atoms with E-state index in [0.717, 1.165) is 34.0 Å². The third-order valence-corrected chi connectivity index (χ3v) is 6.31. The number of benzene rings is 2. The van der Waals surface area contributed by atoms with Crippen LogP contribution in [0.5, 0.6) is 0 Å². The molecule has 2 heterocycles. The molecule has 2 aromatic carbocycles. The molecule has 1 unspecified atom stereocenters. The highest BCUT2D eigenvalue weighted by Gasteiger charge is 2.27. The summed E-state index contributed by atoms with van der Waals surface area (Å²) >= 11 is 1.69. The predicted octanol–water partition coefficient (Wildman–Crippen LogP) is 4.85. The Hall–Kier alpha value is -2.87. The molecule has 2 amide bonds. The van der Waals surface area contributed by atoms with Crippen LogP contribution in [0.4, 0.5) is 14.9 Å². The molecule has 1 fully saturated rings. The standard InChI is InChI=1S/C21H20FN5OS/c22-14-5-8-18-16(11-14)17(9-10-29-18)24-21(28)23-15-6-3-13(4-7-15)20-25-19(26-27-20)12-1-2-12/h3-8,11-12,17H,1-2,9-10H2,(H2,23,24,28)(H,25,26,27). The number of hydrogen-bond donors (Lipinski definition) is 3. The number of fused-ring (bicyclic) bond motifs is 1. The average molecular weight is 409 g/mol. The summed E-state index contributed by atoms with van der Waals surface area (Å²) in [6.45, 7) is 0. The van der Waals surface area contributed by atoms with Crippen LogP contribution in [0, 0.1) is 5.82 Å². The van der Waals surface area contributed by atoms with Crippen LogP contribution in [0.15, 0.2) is 47.4 Å². The van der Waals surface area contributed by atoms with Crippen molar-refractivity contribution >= 4 is 23.5 Å². The minimum atomic E-state index is -0.307. The fraction of sp³-hybridized carbons (Fsp3) is 0.286. The van der Waals surface area contributed by atoms with Gasteiger partial charge in [-0.05, 0) is 67.3 Å². The first kappa shape index (κ1) is 18.2. The zero-order valence-corrected chi connectivity index (χ0v) is 16.4. The van der Waals surface area contributed by atoms with E-state index in [2.05, 4.69) is 25.8 Å². The topological polar surface area (TPSA) is 82.7 Å². The Kier molecular flexibility index (Phi) is 4.71. The zero-order chi connectivity index (χ0) is 19.8. The van der Waals surface area contributed by atoms with Crippen molar-refractivity contribution in [2.75, 3.05) is 11.1 Å². The maximum absolute atomic E-state index is 13.6.